The predicted molar refractivity (Wildman–Crippen MR) is 22.5 cm³/mol. The minimum atomic E-state index is -1.25. The van der Waals surface area contributed by atoms with Crippen LogP contribution in [-0.2, 0) is 18.6 Å². The first-order chi connectivity index (χ1) is 3.13. The summed E-state index contributed by atoms with van der Waals surface area (Å²) in [6, 6.07) is 0. The molecule has 0 atom stereocenters. The molecule has 0 aromatic rings. The molecule has 0 saturated carbocycles. The van der Waals surface area contributed by atoms with Crippen molar-refractivity contribution in [2.24, 2.45) is 0 Å². The van der Waals surface area contributed by atoms with Crippen LogP contribution in [0.1, 0.15) is 0 Å². The summed E-state index contributed by atoms with van der Waals surface area (Å²) in [5.74, 6) is 0. The molecule has 0 aromatic heterocycles. The third-order valence-electron chi connectivity index (χ3n) is 0.124. The second-order valence-electron chi connectivity index (χ2n) is 0.482. The molecule has 5 heteroatoms. The van der Waals surface area contributed by atoms with E-state index >= 15 is 0 Å². The van der Waals surface area contributed by atoms with Crippen LogP contribution >= 0.6 is 23.2 Å². The minimum absolute atomic E-state index is 0.611. The van der Waals surface area contributed by atoms with Crippen LogP contribution in [0.25, 0.3) is 0 Å². The Bertz CT molecular complexity index is 89.9. The molecule has 44 valence electrons. The van der Waals surface area contributed by atoms with Gasteiger partial charge in [0.25, 0.3) is 0 Å². The molecule has 0 amide bonds. The van der Waals surface area contributed by atoms with Crippen molar-refractivity contribution < 1.29 is 28.2 Å². The van der Waals surface area contributed by atoms with Crippen molar-refractivity contribution >= 4 is 30.5 Å². The van der Waals surface area contributed by atoms with Crippen LogP contribution in [0.15, 0.2) is 0 Å². The fraction of sp³-hybridized carbons (Fsp3) is 0. The Morgan fingerprint density at radius 1 is 1.14 bits per heavy atom. The van der Waals surface area contributed by atoms with Crippen LogP contribution in [-0.4, -0.2) is 7.26 Å². The average molecular weight is 322 g/mol. The van der Waals surface area contributed by atoms with E-state index in [0.29, 0.717) is 0 Å². The summed E-state index contributed by atoms with van der Waals surface area (Å²) in [7, 11) is 0. The molecule has 7 heavy (non-hydrogen) atoms. The van der Waals surface area contributed by atoms with Gasteiger partial charge in [-0.15, -0.1) is 0 Å². The van der Waals surface area contributed by atoms with Gasteiger partial charge >= 0.3 is 58.6 Å². The van der Waals surface area contributed by atoms with Crippen molar-refractivity contribution in [2.75, 3.05) is 0 Å². The van der Waals surface area contributed by atoms with E-state index in [1.165, 1.54) is 0 Å². The number of carbonyl (C=O) groups is 2. The van der Waals surface area contributed by atoms with Gasteiger partial charge in [0, 0.05) is 0 Å². The Labute approximate surface area is 58.7 Å². The number of rotatable bonds is 2. The molecule has 0 aliphatic rings. The topological polar surface area (TPSA) is 34.1 Å². The Morgan fingerprint density at radius 2 is 1.43 bits per heavy atom. The summed E-state index contributed by atoms with van der Waals surface area (Å²) in [4.78, 5) is 19.5. The molecule has 0 bridgehead atoms. The van der Waals surface area contributed by atoms with Crippen molar-refractivity contribution in [2.45, 2.75) is 0 Å². The zero-order valence-corrected chi connectivity index (χ0v) is 6.67. The summed E-state index contributed by atoms with van der Waals surface area (Å²) in [5.41, 5.74) is 0. The summed E-state index contributed by atoms with van der Waals surface area (Å²) in [6.07, 6.45) is 0. The van der Waals surface area contributed by atoms with E-state index < -0.39 is 25.8 Å². The molecule has 0 aliphatic carbocycles. The Kier molecular flexibility index (Phi) is 3.90. The number of carbonyl (C=O) groups excluding carboxylic acids is 2. The van der Waals surface area contributed by atoms with Gasteiger partial charge in [-0.2, -0.15) is 0 Å². The quantitative estimate of drug-likeness (QED) is 0.727. The first-order valence-electron chi connectivity index (χ1n) is 1.10. The van der Waals surface area contributed by atoms with E-state index in [-0.39, 0.29) is 0 Å². The second-order valence-corrected chi connectivity index (χ2v) is 5.10. The van der Waals surface area contributed by atoms with Crippen LogP contribution < -0.4 is 0 Å². The first-order valence-corrected chi connectivity index (χ1v) is 4.13. The molecule has 0 aromatic carbocycles. The van der Waals surface area contributed by atoms with E-state index in [0.717, 1.165) is 0 Å². The van der Waals surface area contributed by atoms with Crippen molar-refractivity contribution in [1.82, 2.24) is 0 Å². The molecule has 0 spiro atoms. The summed E-state index contributed by atoms with van der Waals surface area (Å²) in [5, 5.41) is 0. The van der Waals surface area contributed by atoms with E-state index in [2.05, 4.69) is 0 Å². The molecular weight excluding hydrogens is 322 g/mol. The molecule has 0 fully saturated rings. The van der Waals surface area contributed by atoms with Gasteiger partial charge < -0.3 is 0 Å². The van der Waals surface area contributed by atoms with Gasteiger partial charge in [0.2, 0.25) is 0 Å². The van der Waals surface area contributed by atoms with Crippen molar-refractivity contribution in [3.05, 3.63) is 0 Å². The summed E-state index contributed by atoms with van der Waals surface area (Å²) in [6.45, 7) is 0. The van der Waals surface area contributed by atoms with Gasteiger partial charge in [0.15, 0.2) is 0 Å². The molecule has 0 aliphatic heterocycles. The Morgan fingerprint density at radius 3 is 1.43 bits per heavy atom. The molecule has 0 N–H and O–H groups in total. The molecule has 0 unspecified atom stereocenters. The molecular formula is C2Cl2O2Pt. The zero-order valence-electron chi connectivity index (χ0n) is 2.89. The van der Waals surface area contributed by atoms with Crippen molar-refractivity contribution in [3.63, 3.8) is 0 Å². The summed E-state index contributed by atoms with van der Waals surface area (Å²) < 4.78 is -1.22. The van der Waals surface area contributed by atoms with Gasteiger partial charge in [-0.05, 0) is 0 Å². The monoisotopic (exact) mass is 321 g/mol. The van der Waals surface area contributed by atoms with Crippen LogP contribution in [0.2, 0.25) is 0 Å². The third-order valence-corrected chi connectivity index (χ3v) is 2.00. The fourth-order valence-corrected chi connectivity index (χ4v) is 1.54. The Hall–Kier alpha value is 0.608. The fourth-order valence-electron chi connectivity index (χ4n) is 0.0489. The van der Waals surface area contributed by atoms with Crippen LogP contribution in [0.4, 0.5) is 9.59 Å². The van der Waals surface area contributed by atoms with Crippen molar-refractivity contribution in [1.29, 1.82) is 0 Å². The van der Waals surface area contributed by atoms with E-state index in [9.17, 15) is 9.59 Å². The first kappa shape index (κ1) is 7.61. The van der Waals surface area contributed by atoms with Crippen LogP contribution in [0, 0.1) is 0 Å². The second kappa shape index (κ2) is 3.59. The van der Waals surface area contributed by atoms with Crippen LogP contribution in [0.3, 0.4) is 0 Å². The number of hydrogen-bond acceptors (Lipinski definition) is 2. The molecule has 0 radical (unpaired) electrons. The van der Waals surface area contributed by atoms with E-state index in [4.69, 9.17) is 23.2 Å². The maximum absolute atomic E-state index is 9.76. The maximum atomic E-state index is 9.76. The van der Waals surface area contributed by atoms with Crippen LogP contribution in [0.5, 0.6) is 0 Å². The third kappa shape index (κ3) is 6.61. The zero-order chi connectivity index (χ0) is 5.86. The van der Waals surface area contributed by atoms with Gasteiger partial charge in [0.1, 0.15) is 0 Å². The number of halogens is 2. The molecule has 0 heterocycles. The molecule has 0 rings (SSSR count). The average Bonchev–Trinajstić information content (AvgIpc) is 1.27. The van der Waals surface area contributed by atoms with Gasteiger partial charge in [-0.1, -0.05) is 0 Å². The van der Waals surface area contributed by atoms with E-state index in [1.807, 2.05) is 0 Å². The SMILES string of the molecule is O=[C](Cl)[Pt][C](=O)Cl. The normalized spacial score (nSPS) is 8.86. The van der Waals surface area contributed by atoms with Gasteiger partial charge in [-0.25, -0.2) is 0 Å². The van der Waals surface area contributed by atoms with Gasteiger partial charge in [0.05, 0.1) is 0 Å². The summed E-state index contributed by atoms with van der Waals surface area (Å²) >= 11 is 8.31. The van der Waals surface area contributed by atoms with Crippen molar-refractivity contribution in [3.8, 4) is 0 Å². The molecule has 0 saturated heterocycles. The Balaban J connectivity index is 3.32. The standard InChI is InChI=1S/2CClO.Pt/c2*2-1-3;. The predicted octanol–water partition coefficient (Wildman–Crippen LogP) is 1.79. The number of hydrogen-bond donors (Lipinski definition) is 0. The molecule has 2 nitrogen and oxygen atoms in total. The van der Waals surface area contributed by atoms with E-state index in [1.54, 1.807) is 0 Å². The van der Waals surface area contributed by atoms with Gasteiger partial charge in [-0.3, -0.25) is 0 Å².